The van der Waals surface area contributed by atoms with Crippen molar-refractivity contribution in [3.05, 3.63) is 16.2 Å². The summed E-state index contributed by atoms with van der Waals surface area (Å²) in [7, 11) is 1.82. The van der Waals surface area contributed by atoms with Crippen LogP contribution in [0.15, 0.2) is 15.0 Å². The van der Waals surface area contributed by atoms with Crippen LogP contribution in [-0.2, 0) is 13.6 Å². The third-order valence-electron chi connectivity index (χ3n) is 2.57. The third kappa shape index (κ3) is 2.15. The average Bonchev–Trinajstić information content (AvgIpc) is 2.78. The minimum atomic E-state index is -0.197. The summed E-state index contributed by atoms with van der Waals surface area (Å²) in [6.07, 6.45) is 0.868. The molecule has 0 spiro atoms. The molecule has 0 aliphatic rings. The van der Waals surface area contributed by atoms with Crippen molar-refractivity contribution in [3.63, 3.8) is 0 Å². The summed E-state index contributed by atoms with van der Waals surface area (Å²) in [6, 6.07) is 0. The maximum absolute atomic E-state index is 11.6. The molecule has 0 bridgehead atoms. The molecule has 3 N–H and O–H groups in total. The Morgan fingerprint density at radius 2 is 2.22 bits per heavy atom. The van der Waals surface area contributed by atoms with Crippen LogP contribution in [0.3, 0.4) is 0 Å². The lowest BCUT2D eigenvalue weighted by Gasteiger charge is -2.04. The summed E-state index contributed by atoms with van der Waals surface area (Å²) in [5.74, 6) is 0. The van der Waals surface area contributed by atoms with Crippen molar-refractivity contribution < 1.29 is 0 Å². The highest BCUT2D eigenvalue weighted by Crippen LogP contribution is 2.31. The second-order valence-electron chi connectivity index (χ2n) is 3.99. The first-order valence-corrected chi connectivity index (χ1v) is 6.48. The lowest BCUT2D eigenvalue weighted by molar-refractivity contribution is 0.602. The van der Waals surface area contributed by atoms with E-state index in [1.807, 2.05) is 20.9 Å². The van der Waals surface area contributed by atoms with Gasteiger partial charge in [-0.15, -0.1) is 5.10 Å². The highest BCUT2D eigenvalue weighted by Gasteiger charge is 2.16. The largest absolute Gasteiger partial charge is 0.395 e. The van der Waals surface area contributed by atoms with Gasteiger partial charge in [-0.3, -0.25) is 9.25 Å². The topological polar surface area (TPSA) is 94.5 Å². The molecule has 0 atom stereocenters. The number of H-pyrrole nitrogens is 1. The summed E-state index contributed by atoms with van der Waals surface area (Å²) < 4.78 is 3.30. The molecule has 2 aromatic heterocycles. The van der Waals surface area contributed by atoms with Gasteiger partial charge in [-0.25, -0.2) is 9.89 Å². The molecule has 0 saturated heterocycles. The Morgan fingerprint density at radius 3 is 2.78 bits per heavy atom. The van der Waals surface area contributed by atoms with Gasteiger partial charge >= 0.3 is 5.69 Å². The number of hydrogen-bond donors (Lipinski definition) is 2. The van der Waals surface area contributed by atoms with Crippen LogP contribution in [0.1, 0.15) is 19.0 Å². The molecule has 2 heterocycles. The Hall–Kier alpha value is -1.70. The fourth-order valence-corrected chi connectivity index (χ4v) is 2.64. The third-order valence-corrected chi connectivity index (χ3v) is 3.74. The van der Waals surface area contributed by atoms with Crippen LogP contribution in [0.4, 0.5) is 5.69 Å². The van der Waals surface area contributed by atoms with Crippen molar-refractivity contribution in [3.8, 4) is 0 Å². The van der Waals surface area contributed by atoms with E-state index in [0.717, 1.165) is 17.1 Å². The lowest BCUT2D eigenvalue weighted by Crippen LogP contribution is -2.17. The number of nitrogens with zero attached hydrogens (tertiary/aromatic N) is 4. The van der Waals surface area contributed by atoms with E-state index < -0.39 is 0 Å². The standard InChI is InChI=1S/C10H16N6OS/c1-4-5-16-9(17)12-13-10(16)18-8-7(11)6(2)14-15(8)3/h4-5,11H2,1-3H3,(H,12,17). The van der Waals surface area contributed by atoms with Crippen molar-refractivity contribution in [1.82, 2.24) is 24.5 Å². The van der Waals surface area contributed by atoms with Gasteiger partial charge in [-0.2, -0.15) is 5.10 Å². The van der Waals surface area contributed by atoms with Crippen molar-refractivity contribution in [1.29, 1.82) is 0 Å². The number of anilines is 1. The second-order valence-corrected chi connectivity index (χ2v) is 4.95. The van der Waals surface area contributed by atoms with Crippen LogP contribution in [0.25, 0.3) is 0 Å². The molecule has 98 valence electrons. The molecule has 0 unspecified atom stereocenters. The van der Waals surface area contributed by atoms with Crippen molar-refractivity contribution >= 4 is 17.4 Å². The second kappa shape index (κ2) is 4.89. The van der Waals surface area contributed by atoms with Gasteiger partial charge in [0.25, 0.3) is 0 Å². The highest BCUT2D eigenvalue weighted by atomic mass is 32.2. The SMILES string of the molecule is CCCn1c(Sc2c(N)c(C)nn2C)n[nH]c1=O. The molecule has 18 heavy (non-hydrogen) atoms. The fourth-order valence-electron chi connectivity index (χ4n) is 1.66. The highest BCUT2D eigenvalue weighted by molar-refractivity contribution is 7.99. The predicted molar refractivity (Wildman–Crippen MR) is 69.6 cm³/mol. The molecule has 0 aliphatic heterocycles. The molecule has 0 fully saturated rings. The Bertz CT molecular complexity index is 610. The molecule has 8 heteroatoms. The zero-order valence-corrected chi connectivity index (χ0v) is 11.4. The van der Waals surface area contributed by atoms with Gasteiger partial charge < -0.3 is 5.73 Å². The maximum Gasteiger partial charge on any atom is 0.343 e. The molecular weight excluding hydrogens is 252 g/mol. The van der Waals surface area contributed by atoms with Gasteiger partial charge in [0.15, 0.2) is 5.16 Å². The van der Waals surface area contributed by atoms with Crippen molar-refractivity contribution in [2.75, 3.05) is 5.73 Å². The van der Waals surface area contributed by atoms with E-state index >= 15 is 0 Å². The van der Waals surface area contributed by atoms with Crippen LogP contribution in [0.2, 0.25) is 0 Å². The van der Waals surface area contributed by atoms with Gasteiger partial charge in [0.1, 0.15) is 5.03 Å². The Kier molecular flexibility index (Phi) is 3.46. The Labute approximate surface area is 108 Å². The summed E-state index contributed by atoms with van der Waals surface area (Å²) in [4.78, 5) is 11.6. The molecule has 0 radical (unpaired) electrons. The molecule has 2 aromatic rings. The average molecular weight is 268 g/mol. The van der Waals surface area contributed by atoms with Crippen LogP contribution >= 0.6 is 11.8 Å². The first kappa shape index (κ1) is 12.7. The molecule has 2 rings (SSSR count). The normalized spacial score (nSPS) is 11.1. The number of aromatic nitrogens is 5. The molecule has 7 nitrogen and oxygen atoms in total. The van der Waals surface area contributed by atoms with Gasteiger partial charge in [0, 0.05) is 13.6 Å². The Balaban J connectivity index is 2.37. The van der Waals surface area contributed by atoms with Gasteiger partial charge in [0.05, 0.1) is 11.4 Å². The van der Waals surface area contributed by atoms with Gasteiger partial charge in [0.2, 0.25) is 0 Å². The zero-order valence-electron chi connectivity index (χ0n) is 10.6. The van der Waals surface area contributed by atoms with E-state index in [1.54, 1.807) is 9.25 Å². The van der Waals surface area contributed by atoms with Crippen LogP contribution in [0, 0.1) is 6.92 Å². The monoisotopic (exact) mass is 268 g/mol. The van der Waals surface area contributed by atoms with Gasteiger partial charge in [-0.05, 0) is 25.1 Å². The van der Waals surface area contributed by atoms with Crippen LogP contribution < -0.4 is 11.4 Å². The molecule has 0 aromatic carbocycles. The minimum Gasteiger partial charge on any atom is -0.395 e. The van der Waals surface area contributed by atoms with E-state index in [1.165, 1.54) is 11.8 Å². The predicted octanol–water partition coefficient (Wildman–Crippen LogP) is 0.757. The molecule has 0 saturated carbocycles. The zero-order chi connectivity index (χ0) is 13.3. The van der Waals surface area contributed by atoms with Crippen molar-refractivity contribution in [2.24, 2.45) is 7.05 Å². The number of aryl methyl sites for hydroxylation is 2. The smallest absolute Gasteiger partial charge is 0.343 e. The molecule has 0 amide bonds. The summed E-state index contributed by atoms with van der Waals surface area (Å²) in [5.41, 5.74) is 7.16. The Morgan fingerprint density at radius 1 is 1.50 bits per heavy atom. The molecular formula is C10H16N6OS. The van der Waals surface area contributed by atoms with Crippen LogP contribution in [0.5, 0.6) is 0 Å². The number of nitrogen functional groups attached to an aromatic ring is 1. The number of aromatic amines is 1. The van der Waals surface area contributed by atoms with E-state index in [2.05, 4.69) is 15.3 Å². The summed E-state index contributed by atoms with van der Waals surface area (Å²) >= 11 is 1.35. The fraction of sp³-hybridized carbons (Fsp3) is 0.500. The van der Waals surface area contributed by atoms with E-state index in [0.29, 0.717) is 17.4 Å². The van der Waals surface area contributed by atoms with E-state index in [4.69, 9.17) is 5.73 Å². The quantitative estimate of drug-likeness (QED) is 0.853. The maximum atomic E-state index is 11.6. The van der Waals surface area contributed by atoms with E-state index in [-0.39, 0.29) is 5.69 Å². The number of nitrogens with one attached hydrogen (secondary N) is 1. The van der Waals surface area contributed by atoms with Crippen LogP contribution in [-0.4, -0.2) is 24.5 Å². The first-order chi connectivity index (χ1) is 8.54. The minimum absolute atomic E-state index is 0.197. The molecule has 0 aliphatic carbocycles. The first-order valence-electron chi connectivity index (χ1n) is 5.66. The summed E-state index contributed by atoms with van der Waals surface area (Å²) in [6.45, 7) is 4.49. The van der Waals surface area contributed by atoms with E-state index in [9.17, 15) is 4.79 Å². The number of rotatable bonds is 4. The van der Waals surface area contributed by atoms with Crippen molar-refractivity contribution in [2.45, 2.75) is 37.0 Å². The lowest BCUT2D eigenvalue weighted by atomic mass is 10.4. The summed E-state index contributed by atoms with van der Waals surface area (Å²) in [5, 5.41) is 12.1. The van der Waals surface area contributed by atoms with Gasteiger partial charge in [-0.1, -0.05) is 6.92 Å². The number of nitrogens with two attached hydrogens (primary N) is 1. The number of hydrogen-bond acceptors (Lipinski definition) is 5.